The lowest BCUT2D eigenvalue weighted by atomic mass is 9.83. The topological polar surface area (TPSA) is 89.6 Å². The smallest absolute Gasteiger partial charge is 0.261 e. The van der Waals surface area contributed by atoms with Gasteiger partial charge < -0.3 is 13.7 Å². The first-order chi connectivity index (χ1) is 50.8. The maximum Gasteiger partial charge on any atom is 0.261 e. The summed E-state index contributed by atoms with van der Waals surface area (Å²) < 4.78 is 6.98. The average molecular weight is 1430 g/mol. The Morgan fingerprint density at radius 3 is 0.991 bits per heavy atom. The summed E-state index contributed by atoms with van der Waals surface area (Å²) in [7, 11) is 0. The minimum atomic E-state index is -0.819. The molecule has 3 aromatic heterocycles. The van der Waals surface area contributed by atoms with Gasteiger partial charge in [0.1, 0.15) is 0 Å². The highest BCUT2D eigenvalue weighted by atomic mass is 16.2. The van der Waals surface area contributed by atoms with Crippen LogP contribution in [0.25, 0.3) is 93.6 Å². The third kappa shape index (κ3) is 11.1. The molecular weight excluding hydrogens is 1320 g/mol. The molecule has 3 atom stereocenters. The molecule has 2 aliphatic heterocycles. The third-order valence-electron chi connectivity index (χ3n) is 24.6. The van der Waals surface area contributed by atoms with E-state index in [0.29, 0.717) is 53.9 Å². The lowest BCUT2D eigenvalue weighted by molar-refractivity contribution is 0.0291. The van der Waals surface area contributed by atoms with E-state index in [-0.39, 0.29) is 38.4 Å². The molecule has 548 valence electrons. The van der Waals surface area contributed by atoms with E-state index in [0.717, 1.165) is 106 Å². The van der Waals surface area contributed by atoms with Crippen LogP contribution in [0.15, 0.2) is 176 Å². The van der Waals surface area contributed by atoms with Crippen molar-refractivity contribution in [3.8, 4) is 28.2 Å². The molecule has 13 aromatic rings. The lowest BCUT2D eigenvalue weighted by Gasteiger charge is -2.40. The van der Waals surface area contributed by atoms with E-state index < -0.39 is 35.7 Å². The highest BCUT2D eigenvalue weighted by molar-refractivity contribution is 6.25. The number of para-hydroxylation sites is 1. The number of imide groups is 2. The normalized spacial score (nSPS) is 17.4. The number of aromatic nitrogens is 3. The molecule has 0 radical (unpaired) electrons. The first kappa shape index (κ1) is 70.8. The van der Waals surface area contributed by atoms with Gasteiger partial charge in [-0.1, -0.05) is 236 Å². The summed E-state index contributed by atoms with van der Waals surface area (Å²) >= 11 is 0. The predicted octanol–water partition coefficient (Wildman–Crippen LogP) is 24.3. The lowest BCUT2D eigenvalue weighted by Crippen LogP contribution is -2.56. The molecule has 4 aliphatic rings. The van der Waals surface area contributed by atoms with E-state index in [1.165, 1.54) is 59.9 Å². The molecule has 108 heavy (non-hydrogen) atoms. The van der Waals surface area contributed by atoms with Gasteiger partial charge in [-0.3, -0.25) is 29.0 Å². The fraction of sp³-hybridized carbons (Fsp3) is 0.354. The highest BCUT2D eigenvalue weighted by Gasteiger charge is 2.51. The molecule has 1 saturated carbocycles. The Kier molecular flexibility index (Phi) is 15.9. The fourth-order valence-electron chi connectivity index (χ4n) is 18.5. The third-order valence-corrected chi connectivity index (χ3v) is 24.6. The molecule has 0 saturated heterocycles. The second-order valence-corrected chi connectivity index (χ2v) is 38.7. The second-order valence-electron chi connectivity index (χ2n) is 38.7. The number of fused-ring (bicyclic) bond motifs is 14. The molecule has 0 bridgehead atoms. The largest absolute Gasteiger partial charge is 0.309 e. The number of amides is 4. The number of hydrogen-bond donors (Lipinski definition) is 0. The zero-order chi connectivity index (χ0) is 76.4. The number of carbonyl (C=O) groups excluding carboxylic acids is 4. The minimum absolute atomic E-state index is 0.125. The number of rotatable bonds is 8. The second kappa shape index (κ2) is 24.2. The summed E-state index contributed by atoms with van der Waals surface area (Å²) in [5, 5.41) is 6.61. The summed E-state index contributed by atoms with van der Waals surface area (Å²) in [5.74, 6) is -1.55. The first-order valence-corrected chi connectivity index (χ1v) is 39.5. The molecule has 0 N–H and O–H groups in total. The molecule has 4 amide bonds. The number of carbonyl (C=O) groups is 4. The van der Waals surface area contributed by atoms with Crippen LogP contribution in [0, 0.1) is 5.92 Å². The fourth-order valence-corrected chi connectivity index (χ4v) is 18.5. The summed E-state index contributed by atoms with van der Waals surface area (Å²) in [5.41, 5.74) is 22.9. The van der Waals surface area contributed by atoms with Gasteiger partial charge in [-0.25, -0.2) is 0 Å². The zero-order valence-corrected chi connectivity index (χ0v) is 67.0. The summed E-state index contributed by atoms with van der Waals surface area (Å²) in [6.45, 7) is 45.2. The van der Waals surface area contributed by atoms with Gasteiger partial charge in [-0.15, -0.1) is 0 Å². The first-order valence-electron chi connectivity index (χ1n) is 39.5. The standard InChI is InChI=1S/C99H103N5O4/c1-55(2)43-56-29-36-64-66(44-56)67-45-57(94(3,4)5)30-37-65(67)89(64)77-51-73-74(52-86(77)100-80-39-32-59(96(9,10)11)47-69(80)70-48-60(97(12,13)14)33-40-81(70)100)91(106)103(90(73)105)84-27-23-24-28-85(84)104-92(107)75-53-87(101-78-26-22-21-25-63(78)68-46-58(95(6,7)8)31-38-79(68)101)88(54-76(75)93(104)108)102-82-41-34-61(98(15,16)17)49-71(82)72-50-62(99(18,19)20)35-42-83(72)102/h21-22,25-26,29-42,44-55,84-85,89H,23-24,27-28,43H2,1-20H3. The summed E-state index contributed by atoms with van der Waals surface area (Å²) in [4.78, 5) is 68.4. The van der Waals surface area contributed by atoms with Crippen molar-refractivity contribution in [3.05, 3.63) is 254 Å². The monoisotopic (exact) mass is 1430 g/mol. The SMILES string of the molecule is CC(C)Cc1ccc2c(c1)-c1cc(C(C)(C)C)ccc1C2c1cc2c(cc1-n1c3ccc(C(C)(C)C)cc3c3cc(C(C)(C)C)ccc31)C(=O)N(C1CCCCC1N1C(=O)c3cc(-n4c5ccccc5c5cc(C(C)(C)C)ccc54)c(-n4c5ccc(C(C)(C)C)cc5c5cc(C(C)(C)C)ccc54)cc3C1=O)C2=O. The Morgan fingerprint density at radius 1 is 0.306 bits per heavy atom. The van der Waals surface area contributed by atoms with Crippen molar-refractivity contribution in [1.82, 2.24) is 23.5 Å². The molecule has 9 nitrogen and oxygen atoms in total. The zero-order valence-electron chi connectivity index (χ0n) is 67.0. The van der Waals surface area contributed by atoms with Crippen LogP contribution < -0.4 is 0 Å². The summed E-state index contributed by atoms with van der Waals surface area (Å²) in [6.07, 6.45) is 3.18. The molecule has 3 unspecified atom stereocenters. The van der Waals surface area contributed by atoms with E-state index in [2.05, 4.69) is 310 Å². The van der Waals surface area contributed by atoms with Crippen molar-refractivity contribution in [3.63, 3.8) is 0 Å². The van der Waals surface area contributed by atoms with Crippen LogP contribution in [0.1, 0.15) is 267 Å². The van der Waals surface area contributed by atoms with Gasteiger partial charge in [0.15, 0.2) is 0 Å². The van der Waals surface area contributed by atoms with E-state index in [9.17, 15) is 0 Å². The molecular formula is C99H103N5O4. The highest BCUT2D eigenvalue weighted by Crippen LogP contribution is 2.54. The van der Waals surface area contributed by atoms with Gasteiger partial charge in [-0.2, -0.15) is 0 Å². The van der Waals surface area contributed by atoms with E-state index in [4.69, 9.17) is 0 Å². The molecule has 10 aromatic carbocycles. The summed E-state index contributed by atoms with van der Waals surface area (Å²) in [6, 6.07) is 63.0. The molecule has 0 spiro atoms. The Bertz CT molecular complexity index is 5930. The minimum Gasteiger partial charge on any atom is -0.309 e. The maximum atomic E-state index is 16.4. The van der Waals surface area contributed by atoms with Crippen molar-refractivity contribution in [1.29, 1.82) is 0 Å². The van der Waals surface area contributed by atoms with Gasteiger partial charge in [0.25, 0.3) is 23.6 Å². The van der Waals surface area contributed by atoms with Crippen LogP contribution in [-0.2, 0) is 38.9 Å². The van der Waals surface area contributed by atoms with Crippen LogP contribution >= 0.6 is 0 Å². The molecule has 9 heteroatoms. The number of benzene rings is 10. The molecule has 17 rings (SSSR count). The van der Waals surface area contributed by atoms with Crippen molar-refractivity contribution < 1.29 is 19.2 Å². The predicted molar refractivity (Wildman–Crippen MR) is 447 cm³/mol. The quantitative estimate of drug-likeness (QED) is 0.142. The van der Waals surface area contributed by atoms with Gasteiger partial charge in [-0.05, 0) is 215 Å². The van der Waals surface area contributed by atoms with E-state index >= 15 is 19.2 Å². The van der Waals surface area contributed by atoms with Crippen LogP contribution in [0.3, 0.4) is 0 Å². The Balaban J connectivity index is 0.852. The van der Waals surface area contributed by atoms with Crippen LogP contribution in [0.2, 0.25) is 0 Å². The number of hydrogen-bond acceptors (Lipinski definition) is 4. The van der Waals surface area contributed by atoms with Crippen LogP contribution in [-0.4, -0.2) is 59.2 Å². The van der Waals surface area contributed by atoms with E-state index in [1.54, 1.807) is 0 Å². The van der Waals surface area contributed by atoms with Gasteiger partial charge in [0.2, 0.25) is 0 Å². The molecule has 2 aliphatic carbocycles. The van der Waals surface area contributed by atoms with Crippen molar-refractivity contribution in [2.45, 2.75) is 221 Å². The van der Waals surface area contributed by atoms with Gasteiger partial charge in [0.05, 0.1) is 84.5 Å². The van der Waals surface area contributed by atoms with Gasteiger partial charge >= 0.3 is 0 Å². The Morgan fingerprint density at radius 2 is 0.611 bits per heavy atom. The molecule has 5 heterocycles. The Hall–Kier alpha value is -10.1. The average Bonchev–Trinajstić information content (AvgIpc) is 1.55. The van der Waals surface area contributed by atoms with Crippen LogP contribution in [0.4, 0.5) is 0 Å². The van der Waals surface area contributed by atoms with Crippen molar-refractivity contribution in [2.75, 3.05) is 0 Å². The Labute approximate surface area is 636 Å². The van der Waals surface area contributed by atoms with Gasteiger partial charge in [0, 0.05) is 38.2 Å². The van der Waals surface area contributed by atoms with Crippen molar-refractivity contribution in [2.24, 2.45) is 5.92 Å². The number of nitrogens with zero attached hydrogens (tertiary/aromatic N) is 5. The maximum absolute atomic E-state index is 16.4. The van der Waals surface area contributed by atoms with E-state index in [1.807, 2.05) is 18.2 Å². The van der Waals surface area contributed by atoms with Crippen molar-refractivity contribution >= 4 is 89.0 Å². The molecule has 1 fully saturated rings. The van der Waals surface area contributed by atoms with Crippen LogP contribution in [0.5, 0.6) is 0 Å².